The van der Waals surface area contributed by atoms with Crippen LogP contribution in [-0.2, 0) is 0 Å². The van der Waals surface area contributed by atoms with E-state index in [2.05, 4.69) is 25.6 Å². The molecule has 0 fully saturated rings. The maximum Gasteiger partial charge on any atom is 0.238 e. The van der Waals surface area contributed by atoms with Crippen LogP contribution in [0.15, 0.2) is 19.8 Å². The van der Waals surface area contributed by atoms with Crippen LogP contribution in [-0.4, -0.2) is 26.4 Å². The molecule has 0 aliphatic carbocycles. The minimum absolute atomic E-state index is 0.405. The lowest BCUT2D eigenvalue weighted by Crippen LogP contribution is -2.11. The first kappa shape index (κ1) is 12.6. The van der Waals surface area contributed by atoms with E-state index >= 15 is 0 Å². The quantitative estimate of drug-likeness (QED) is 0.380. The number of rotatable bonds is 4. The minimum atomic E-state index is 0.405. The van der Waals surface area contributed by atoms with Gasteiger partial charge in [-0.2, -0.15) is 0 Å². The van der Waals surface area contributed by atoms with Crippen LogP contribution in [0.25, 0.3) is 0 Å². The standard InChI is InChI=1S/C8H10N6S3/c1-4-3-5(11-6(10-4)12-9)16-8-14-13-7(15-2)17-8/h3H,9H2,1-2H3,(H,10,11,12). The van der Waals surface area contributed by atoms with Crippen molar-refractivity contribution in [3.63, 3.8) is 0 Å². The van der Waals surface area contributed by atoms with Crippen molar-refractivity contribution < 1.29 is 0 Å². The first-order valence-electron chi connectivity index (χ1n) is 4.59. The molecular weight excluding hydrogens is 276 g/mol. The van der Waals surface area contributed by atoms with Crippen LogP contribution >= 0.6 is 34.9 Å². The van der Waals surface area contributed by atoms with Crippen LogP contribution in [0.3, 0.4) is 0 Å². The second kappa shape index (κ2) is 5.63. The predicted molar refractivity (Wildman–Crippen MR) is 70.4 cm³/mol. The third-order valence-corrected chi connectivity index (χ3v) is 4.58. The Hall–Kier alpha value is -0.900. The topological polar surface area (TPSA) is 89.6 Å². The summed E-state index contributed by atoms with van der Waals surface area (Å²) in [7, 11) is 0. The molecule has 17 heavy (non-hydrogen) atoms. The Labute approximate surface area is 111 Å². The van der Waals surface area contributed by atoms with Crippen LogP contribution in [0.5, 0.6) is 0 Å². The average Bonchev–Trinajstić information content (AvgIpc) is 2.76. The van der Waals surface area contributed by atoms with E-state index in [1.54, 1.807) is 11.8 Å². The fraction of sp³-hybridized carbons (Fsp3) is 0.250. The highest BCUT2D eigenvalue weighted by Crippen LogP contribution is 2.32. The van der Waals surface area contributed by atoms with Gasteiger partial charge in [0.1, 0.15) is 5.03 Å². The van der Waals surface area contributed by atoms with Gasteiger partial charge in [-0.25, -0.2) is 15.8 Å². The molecule has 0 saturated carbocycles. The molecule has 90 valence electrons. The number of hydrogen-bond donors (Lipinski definition) is 2. The average molecular weight is 286 g/mol. The smallest absolute Gasteiger partial charge is 0.238 e. The highest BCUT2D eigenvalue weighted by molar-refractivity contribution is 8.02. The van der Waals surface area contributed by atoms with Crippen LogP contribution < -0.4 is 11.3 Å². The summed E-state index contributed by atoms with van der Waals surface area (Å²) >= 11 is 4.57. The van der Waals surface area contributed by atoms with Gasteiger partial charge in [0.05, 0.1) is 0 Å². The predicted octanol–water partition coefficient (Wildman–Crippen LogP) is 1.80. The Kier molecular flexibility index (Phi) is 4.15. The number of thioether (sulfide) groups is 1. The van der Waals surface area contributed by atoms with Crippen molar-refractivity contribution in [3.8, 4) is 0 Å². The summed E-state index contributed by atoms with van der Waals surface area (Å²) in [6, 6.07) is 1.88. The molecule has 0 aromatic carbocycles. The van der Waals surface area contributed by atoms with E-state index in [1.807, 2.05) is 19.2 Å². The molecule has 2 aromatic heterocycles. The normalized spacial score (nSPS) is 10.5. The molecule has 6 nitrogen and oxygen atoms in total. The zero-order valence-corrected chi connectivity index (χ0v) is 11.6. The molecule has 0 radical (unpaired) electrons. The van der Waals surface area contributed by atoms with Crippen LogP contribution in [0, 0.1) is 6.92 Å². The van der Waals surface area contributed by atoms with E-state index in [-0.39, 0.29) is 0 Å². The van der Waals surface area contributed by atoms with E-state index < -0.39 is 0 Å². The minimum Gasteiger partial charge on any atom is -0.292 e. The number of aryl methyl sites for hydroxylation is 1. The van der Waals surface area contributed by atoms with Crippen LogP contribution in [0.1, 0.15) is 5.69 Å². The molecule has 2 rings (SSSR count). The van der Waals surface area contributed by atoms with Crippen molar-refractivity contribution in [2.24, 2.45) is 5.84 Å². The summed E-state index contributed by atoms with van der Waals surface area (Å²) in [5.74, 6) is 5.70. The molecule has 0 atom stereocenters. The molecule has 0 aliphatic heterocycles. The summed E-state index contributed by atoms with van der Waals surface area (Å²) in [4.78, 5) is 8.35. The number of anilines is 1. The second-order valence-electron chi connectivity index (χ2n) is 2.96. The molecule has 0 amide bonds. The first-order chi connectivity index (χ1) is 8.21. The van der Waals surface area contributed by atoms with Crippen LogP contribution in [0.4, 0.5) is 5.95 Å². The first-order valence-corrected chi connectivity index (χ1v) is 7.44. The molecule has 9 heteroatoms. The van der Waals surface area contributed by atoms with Crippen molar-refractivity contribution >= 4 is 40.8 Å². The number of aromatic nitrogens is 4. The highest BCUT2D eigenvalue weighted by atomic mass is 32.2. The zero-order chi connectivity index (χ0) is 12.3. The van der Waals surface area contributed by atoms with Crippen LogP contribution in [0.2, 0.25) is 0 Å². The SMILES string of the molecule is CSc1nnc(Sc2cc(C)nc(NN)n2)s1. The third-order valence-electron chi connectivity index (χ3n) is 1.71. The van der Waals surface area contributed by atoms with Gasteiger partial charge < -0.3 is 0 Å². The van der Waals surface area contributed by atoms with Crippen molar-refractivity contribution in [3.05, 3.63) is 11.8 Å². The largest absolute Gasteiger partial charge is 0.292 e. The number of nitrogens with zero attached hydrogens (tertiary/aromatic N) is 4. The Balaban J connectivity index is 2.20. The summed E-state index contributed by atoms with van der Waals surface area (Å²) in [5, 5.41) is 8.89. The Morgan fingerprint density at radius 1 is 1.29 bits per heavy atom. The molecule has 0 unspecified atom stereocenters. The van der Waals surface area contributed by atoms with Crippen molar-refractivity contribution in [1.29, 1.82) is 0 Å². The Morgan fingerprint density at radius 2 is 2.06 bits per heavy atom. The summed E-state index contributed by atoms with van der Waals surface area (Å²) in [6.45, 7) is 1.89. The summed E-state index contributed by atoms with van der Waals surface area (Å²) in [6.07, 6.45) is 1.97. The number of nitrogens with two attached hydrogens (primary N) is 1. The van der Waals surface area contributed by atoms with Gasteiger partial charge in [-0.3, -0.25) is 5.43 Å². The Bertz CT molecular complexity index is 514. The summed E-state index contributed by atoms with van der Waals surface area (Å²) in [5.41, 5.74) is 3.29. The monoisotopic (exact) mass is 286 g/mol. The molecule has 0 spiro atoms. The lowest BCUT2D eigenvalue weighted by Gasteiger charge is -2.02. The van der Waals surface area contributed by atoms with Gasteiger partial charge in [-0.05, 0) is 31.0 Å². The van der Waals surface area contributed by atoms with E-state index in [1.165, 1.54) is 23.1 Å². The Morgan fingerprint density at radius 3 is 2.71 bits per heavy atom. The van der Waals surface area contributed by atoms with Gasteiger partial charge in [-0.1, -0.05) is 23.1 Å². The van der Waals surface area contributed by atoms with Gasteiger partial charge in [0.25, 0.3) is 0 Å². The maximum atomic E-state index is 5.29. The number of nitrogen functional groups attached to an aromatic ring is 1. The fourth-order valence-corrected chi connectivity index (χ4v) is 3.51. The molecule has 2 heterocycles. The fourth-order valence-electron chi connectivity index (χ4n) is 1.07. The molecule has 0 bridgehead atoms. The molecule has 0 aliphatic rings. The van der Waals surface area contributed by atoms with E-state index in [9.17, 15) is 0 Å². The molecule has 2 aromatic rings. The lowest BCUT2D eigenvalue weighted by atomic mass is 10.5. The zero-order valence-electron chi connectivity index (χ0n) is 9.17. The van der Waals surface area contributed by atoms with Crippen molar-refractivity contribution in [2.45, 2.75) is 20.6 Å². The molecular formula is C8H10N6S3. The van der Waals surface area contributed by atoms with Crippen molar-refractivity contribution in [2.75, 3.05) is 11.7 Å². The van der Waals surface area contributed by atoms with Gasteiger partial charge in [0.15, 0.2) is 8.68 Å². The van der Waals surface area contributed by atoms with Gasteiger partial charge in [0, 0.05) is 5.69 Å². The number of hydrogen-bond acceptors (Lipinski definition) is 9. The lowest BCUT2D eigenvalue weighted by molar-refractivity contribution is 0.949. The maximum absolute atomic E-state index is 5.29. The van der Waals surface area contributed by atoms with E-state index in [4.69, 9.17) is 5.84 Å². The van der Waals surface area contributed by atoms with E-state index in [0.29, 0.717) is 5.95 Å². The number of hydrazine groups is 1. The van der Waals surface area contributed by atoms with Gasteiger partial charge in [0.2, 0.25) is 5.95 Å². The third kappa shape index (κ3) is 3.28. The van der Waals surface area contributed by atoms with E-state index in [0.717, 1.165) is 19.4 Å². The van der Waals surface area contributed by atoms with Crippen molar-refractivity contribution in [1.82, 2.24) is 20.2 Å². The second-order valence-corrected chi connectivity index (χ2v) is 6.25. The molecule has 0 saturated heterocycles. The van der Waals surface area contributed by atoms with Gasteiger partial charge >= 0.3 is 0 Å². The highest BCUT2D eigenvalue weighted by Gasteiger charge is 2.08. The number of nitrogens with one attached hydrogen (secondary N) is 1. The molecule has 3 N–H and O–H groups in total. The van der Waals surface area contributed by atoms with Gasteiger partial charge in [-0.15, -0.1) is 10.2 Å². The summed E-state index contributed by atoms with van der Waals surface area (Å²) < 4.78 is 1.80.